The Morgan fingerprint density at radius 2 is 1.94 bits per heavy atom. The lowest BCUT2D eigenvalue weighted by Gasteiger charge is -2.52. The second kappa shape index (κ2) is 3.95. The first-order valence-electron chi connectivity index (χ1n) is 7.28. The van der Waals surface area contributed by atoms with Crippen LogP contribution in [0.1, 0.15) is 37.3 Å². The largest absolute Gasteiger partial charge is 0.312 e. The number of nitrogens with zero attached hydrogens (tertiary/aromatic N) is 2. The lowest BCUT2D eigenvalue weighted by Crippen LogP contribution is -2.56. The molecule has 4 rings (SSSR count). The number of fused-ring (bicyclic) bond motifs is 2. The van der Waals surface area contributed by atoms with Crippen molar-refractivity contribution in [3.8, 4) is 0 Å². The van der Waals surface area contributed by atoms with E-state index in [1.807, 2.05) is 6.07 Å². The summed E-state index contributed by atoms with van der Waals surface area (Å²) in [5.41, 5.74) is 1.50. The molecule has 2 fully saturated rings. The van der Waals surface area contributed by atoms with E-state index in [1.165, 1.54) is 44.5 Å². The van der Waals surface area contributed by atoms with Crippen molar-refractivity contribution in [3.63, 3.8) is 0 Å². The van der Waals surface area contributed by atoms with Gasteiger partial charge in [0, 0.05) is 30.3 Å². The van der Waals surface area contributed by atoms with Gasteiger partial charge in [-0.2, -0.15) is 0 Å². The van der Waals surface area contributed by atoms with E-state index in [-0.39, 0.29) is 5.56 Å². The van der Waals surface area contributed by atoms with E-state index in [1.54, 1.807) is 6.07 Å². The maximum absolute atomic E-state index is 12.0. The average Bonchev–Trinajstić information content (AvgIpc) is 2.41. The fourth-order valence-electron chi connectivity index (χ4n) is 4.52. The molecule has 0 amide bonds. The molecule has 0 saturated carbocycles. The molecular formula is C15H20N2O. The van der Waals surface area contributed by atoms with E-state index in [9.17, 15) is 4.79 Å². The quantitative estimate of drug-likeness (QED) is 0.695. The molecule has 1 aromatic rings. The van der Waals surface area contributed by atoms with Crippen LogP contribution in [0.2, 0.25) is 0 Å². The number of hydrogen-bond donors (Lipinski definition) is 0. The molecule has 18 heavy (non-hydrogen) atoms. The zero-order chi connectivity index (χ0) is 12.1. The van der Waals surface area contributed by atoms with Gasteiger partial charge in [0.05, 0.1) is 0 Å². The molecule has 4 heterocycles. The SMILES string of the molecule is O=c1cccc2n1C[C@@H]1CCCN3CCC[C@H]2[C@@H]13. The van der Waals surface area contributed by atoms with Crippen LogP contribution in [0.25, 0.3) is 0 Å². The van der Waals surface area contributed by atoms with Gasteiger partial charge in [-0.1, -0.05) is 6.07 Å². The molecule has 2 saturated heterocycles. The van der Waals surface area contributed by atoms with Gasteiger partial charge in [-0.15, -0.1) is 0 Å². The molecule has 0 unspecified atom stereocenters. The summed E-state index contributed by atoms with van der Waals surface area (Å²) in [5, 5.41) is 0. The molecule has 3 aliphatic heterocycles. The topological polar surface area (TPSA) is 25.2 Å². The maximum atomic E-state index is 12.0. The molecule has 96 valence electrons. The van der Waals surface area contributed by atoms with Gasteiger partial charge in [0.15, 0.2) is 0 Å². The minimum Gasteiger partial charge on any atom is -0.312 e. The third kappa shape index (κ3) is 1.43. The summed E-state index contributed by atoms with van der Waals surface area (Å²) in [7, 11) is 0. The predicted octanol–water partition coefficient (Wildman–Crippen LogP) is 1.82. The second-order valence-electron chi connectivity index (χ2n) is 6.08. The van der Waals surface area contributed by atoms with E-state index in [0.29, 0.717) is 17.9 Å². The maximum Gasteiger partial charge on any atom is 0.250 e. The number of rotatable bonds is 0. The van der Waals surface area contributed by atoms with E-state index < -0.39 is 0 Å². The highest BCUT2D eigenvalue weighted by Gasteiger charge is 2.43. The van der Waals surface area contributed by atoms with Crippen molar-refractivity contribution in [2.45, 2.75) is 44.2 Å². The molecule has 0 spiro atoms. The first kappa shape index (κ1) is 10.8. The fourth-order valence-corrected chi connectivity index (χ4v) is 4.52. The van der Waals surface area contributed by atoms with Crippen molar-refractivity contribution in [2.24, 2.45) is 5.92 Å². The summed E-state index contributed by atoms with van der Waals surface area (Å²) in [5.74, 6) is 1.31. The smallest absolute Gasteiger partial charge is 0.250 e. The summed E-state index contributed by atoms with van der Waals surface area (Å²) in [6.45, 7) is 3.50. The van der Waals surface area contributed by atoms with E-state index in [0.717, 1.165) is 6.54 Å². The van der Waals surface area contributed by atoms with Gasteiger partial charge in [-0.25, -0.2) is 0 Å². The summed E-state index contributed by atoms with van der Waals surface area (Å²) >= 11 is 0. The number of aromatic nitrogens is 1. The Kier molecular flexibility index (Phi) is 2.37. The highest BCUT2D eigenvalue weighted by atomic mass is 16.1. The number of pyridine rings is 1. The Morgan fingerprint density at radius 1 is 1.11 bits per heavy atom. The molecule has 3 atom stereocenters. The van der Waals surface area contributed by atoms with Crippen LogP contribution in [-0.4, -0.2) is 28.6 Å². The van der Waals surface area contributed by atoms with Crippen molar-refractivity contribution in [2.75, 3.05) is 13.1 Å². The molecule has 1 aromatic heterocycles. The molecule has 0 radical (unpaired) electrons. The second-order valence-corrected chi connectivity index (χ2v) is 6.08. The number of hydrogen-bond acceptors (Lipinski definition) is 2. The van der Waals surface area contributed by atoms with Crippen LogP contribution >= 0.6 is 0 Å². The van der Waals surface area contributed by atoms with Crippen molar-refractivity contribution in [3.05, 3.63) is 34.2 Å². The van der Waals surface area contributed by atoms with E-state index in [4.69, 9.17) is 0 Å². The summed E-state index contributed by atoms with van der Waals surface area (Å²) in [6.07, 6.45) is 5.17. The molecular weight excluding hydrogens is 224 g/mol. The normalized spacial score (nSPS) is 34.8. The third-order valence-corrected chi connectivity index (χ3v) is 5.18. The van der Waals surface area contributed by atoms with Gasteiger partial charge in [-0.3, -0.25) is 9.69 Å². The standard InChI is InChI=1S/C15H20N2O/c18-14-7-1-6-13-12-5-3-9-16-8-2-4-11(15(12)16)10-17(13)14/h1,6-7,11-12,15H,2-5,8-10H2/t11-,12+,15+/m0/s1. The molecule has 0 bridgehead atoms. The molecule has 3 aliphatic rings. The van der Waals surface area contributed by atoms with Gasteiger partial charge in [0.1, 0.15) is 0 Å². The van der Waals surface area contributed by atoms with E-state index in [2.05, 4.69) is 15.5 Å². The summed E-state index contributed by atoms with van der Waals surface area (Å²) in [4.78, 5) is 14.7. The van der Waals surface area contributed by atoms with Crippen molar-refractivity contribution in [1.29, 1.82) is 0 Å². The van der Waals surface area contributed by atoms with Crippen molar-refractivity contribution in [1.82, 2.24) is 9.47 Å². The zero-order valence-corrected chi connectivity index (χ0v) is 10.7. The van der Waals surface area contributed by atoms with Crippen LogP contribution in [0.4, 0.5) is 0 Å². The third-order valence-electron chi connectivity index (χ3n) is 5.18. The van der Waals surface area contributed by atoms with Crippen LogP contribution in [-0.2, 0) is 6.54 Å². The summed E-state index contributed by atoms with van der Waals surface area (Å²) in [6, 6.07) is 6.55. The van der Waals surface area contributed by atoms with Gasteiger partial charge in [0.25, 0.3) is 5.56 Å². The number of piperidine rings is 2. The Labute approximate surface area is 107 Å². The minimum absolute atomic E-state index is 0.202. The van der Waals surface area contributed by atoms with Crippen molar-refractivity contribution >= 4 is 0 Å². The zero-order valence-electron chi connectivity index (χ0n) is 10.7. The lowest BCUT2D eigenvalue weighted by molar-refractivity contribution is 0.0180. The van der Waals surface area contributed by atoms with Crippen LogP contribution in [0.5, 0.6) is 0 Å². The van der Waals surface area contributed by atoms with Crippen LogP contribution in [0.15, 0.2) is 23.0 Å². The molecule has 3 heteroatoms. The van der Waals surface area contributed by atoms with Gasteiger partial charge in [-0.05, 0) is 50.8 Å². The highest BCUT2D eigenvalue weighted by molar-refractivity contribution is 5.20. The Balaban J connectivity index is 1.84. The Morgan fingerprint density at radius 3 is 2.83 bits per heavy atom. The van der Waals surface area contributed by atoms with Crippen LogP contribution in [0.3, 0.4) is 0 Å². The summed E-state index contributed by atoms with van der Waals surface area (Å²) < 4.78 is 2.06. The minimum atomic E-state index is 0.202. The molecule has 0 aromatic carbocycles. The van der Waals surface area contributed by atoms with Crippen molar-refractivity contribution < 1.29 is 0 Å². The van der Waals surface area contributed by atoms with Gasteiger partial charge < -0.3 is 4.57 Å². The fraction of sp³-hybridized carbons (Fsp3) is 0.667. The molecule has 3 nitrogen and oxygen atoms in total. The first-order chi connectivity index (χ1) is 8.84. The van der Waals surface area contributed by atoms with Crippen LogP contribution < -0.4 is 5.56 Å². The van der Waals surface area contributed by atoms with E-state index >= 15 is 0 Å². The Bertz CT molecular complexity index is 519. The Hall–Kier alpha value is -1.09. The van der Waals surface area contributed by atoms with Gasteiger partial charge >= 0.3 is 0 Å². The van der Waals surface area contributed by atoms with Gasteiger partial charge in [0.2, 0.25) is 0 Å². The average molecular weight is 244 g/mol. The monoisotopic (exact) mass is 244 g/mol. The molecule has 0 N–H and O–H groups in total. The first-order valence-corrected chi connectivity index (χ1v) is 7.28. The predicted molar refractivity (Wildman–Crippen MR) is 70.8 cm³/mol. The molecule has 0 aliphatic carbocycles. The highest BCUT2D eigenvalue weighted by Crippen LogP contribution is 2.43. The van der Waals surface area contributed by atoms with Crippen LogP contribution in [0, 0.1) is 5.92 Å². The lowest BCUT2D eigenvalue weighted by atomic mass is 9.73.